The second-order valence-corrected chi connectivity index (χ2v) is 6.43. The minimum Gasteiger partial charge on any atom is -0.503 e. The van der Waals surface area contributed by atoms with Gasteiger partial charge in [0.1, 0.15) is 0 Å². The van der Waals surface area contributed by atoms with Crippen molar-refractivity contribution in [2.75, 3.05) is 5.32 Å². The number of thiazole rings is 1. The first-order valence-corrected chi connectivity index (χ1v) is 7.47. The fourth-order valence-electron chi connectivity index (χ4n) is 1.48. The summed E-state index contributed by atoms with van der Waals surface area (Å²) in [5.41, 5.74) is -0.142. The number of ether oxygens (including phenoxy) is 1. The first-order chi connectivity index (χ1) is 10.2. The van der Waals surface area contributed by atoms with E-state index in [-0.39, 0.29) is 16.7 Å². The summed E-state index contributed by atoms with van der Waals surface area (Å²) in [6.45, 7) is 0.126. The molecule has 1 aromatic carbocycles. The van der Waals surface area contributed by atoms with Gasteiger partial charge in [-0.2, -0.15) is 0 Å². The number of phenolic OH excluding ortho intramolecular Hbond substituents is 1. The van der Waals surface area contributed by atoms with E-state index in [4.69, 9.17) is 11.6 Å². The lowest BCUT2D eigenvalue weighted by molar-refractivity contribution is -0.276. The van der Waals surface area contributed by atoms with Crippen molar-refractivity contribution in [3.63, 3.8) is 0 Å². The summed E-state index contributed by atoms with van der Waals surface area (Å²) in [5, 5.41) is 12.4. The van der Waals surface area contributed by atoms with Crippen molar-refractivity contribution < 1.29 is 27.4 Å². The molecule has 0 radical (unpaired) electrons. The van der Waals surface area contributed by atoms with Crippen LogP contribution in [-0.4, -0.2) is 16.5 Å². The van der Waals surface area contributed by atoms with Gasteiger partial charge in [-0.25, -0.2) is 9.37 Å². The van der Waals surface area contributed by atoms with E-state index in [2.05, 4.69) is 31.0 Å². The molecule has 0 saturated heterocycles. The molecule has 120 valence electrons. The number of hydrogen-bond acceptors (Lipinski definition) is 5. The number of rotatable bonds is 4. The summed E-state index contributed by atoms with van der Waals surface area (Å²) in [4.78, 5) is 4.46. The quantitative estimate of drug-likeness (QED) is 0.544. The first kappa shape index (κ1) is 17.1. The third-order valence-electron chi connectivity index (χ3n) is 2.35. The van der Waals surface area contributed by atoms with Gasteiger partial charge in [0.25, 0.3) is 0 Å². The molecule has 0 unspecified atom stereocenters. The molecular weight excluding hydrogens is 416 g/mol. The Bertz CT molecular complexity index is 695. The maximum Gasteiger partial charge on any atom is 0.573 e. The van der Waals surface area contributed by atoms with Gasteiger partial charge in [0, 0.05) is 11.1 Å². The van der Waals surface area contributed by atoms with E-state index in [0.717, 1.165) is 17.4 Å². The fraction of sp³-hybridized carbons (Fsp3) is 0.182. The van der Waals surface area contributed by atoms with Gasteiger partial charge >= 0.3 is 6.36 Å². The number of anilines is 1. The van der Waals surface area contributed by atoms with Crippen LogP contribution in [0.2, 0.25) is 4.47 Å². The average Bonchev–Trinajstić information content (AvgIpc) is 2.82. The Labute approximate surface area is 138 Å². The van der Waals surface area contributed by atoms with Crippen LogP contribution in [0.15, 0.2) is 16.7 Å². The van der Waals surface area contributed by atoms with E-state index in [1.54, 1.807) is 0 Å². The number of aromatic nitrogens is 1. The summed E-state index contributed by atoms with van der Waals surface area (Å²) in [6.07, 6.45) is -3.68. The van der Waals surface area contributed by atoms with Gasteiger partial charge in [-0.1, -0.05) is 11.6 Å². The molecule has 2 aromatic rings. The van der Waals surface area contributed by atoms with Gasteiger partial charge in [-0.05, 0) is 22.0 Å². The zero-order valence-corrected chi connectivity index (χ0v) is 13.5. The monoisotopic (exact) mass is 420 g/mol. The van der Waals surface area contributed by atoms with Crippen molar-refractivity contribution in [3.05, 3.63) is 31.9 Å². The van der Waals surface area contributed by atoms with Crippen LogP contribution in [0.25, 0.3) is 0 Å². The van der Waals surface area contributed by atoms with Crippen molar-refractivity contribution in [1.82, 2.24) is 4.98 Å². The Kier molecular flexibility index (Phi) is 5.03. The Hall–Kier alpha value is -1.26. The summed E-state index contributed by atoms with van der Waals surface area (Å²) in [6, 6.07) is 1.09. The second kappa shape index (κ2) is 6.47. The molecule has 0 aliphatic carbocycles. The summed E-state index contributed by atoms with van der Waals surface area (Å²) in [7, 11) is 0. The number of hydrogen-bond donors (Lipinski definition) is 2. The molecule has 1 aromatic heterocycles. The van der Waals surface area contributed by atoms with Crippen LogP contribution in [-0.2, 0) is 6.54 Å². The van der Waals surface area contributed by atoms with Gasteiger partial charge in [0.2, 0.25) is 5.75 Å². The van der Waals surface area contributed by atoms with Crippen LogP contribution in [0.1, 0.15) is 4.88 Å². The smallest absolute Gasteiger partial charge is 0.503 e. The topological polar surface area (TPSA) is 54.4 Å². The van der Waals surface area contributed by atoms with Crippen LogP contribution in [0.5, 0.6) is 11.5 Å². The molecular formula is C11H6BrClF4N2O2S. The minimum atomic E-state index is -5.14. The Balaban J connectivity index is 2.28. The molecule has 2 rings (SSSR count). The van der Waals surface area contributed by atoms with Gasteiger partial charge in [-0.15, -0.1) is 24.5 Å². The van der Waals surface area contributed by atoms with Crippen molar-refractivity contribution in [3.8, 4) is 11.5 Å². The van der Waals surface area contributed by atoms with E-state index in [9.17, 15) is 22.7 Å². The molecule has 1 heterocycles. The highest BCUT2D eigenvalue weighted by Gasteiger charge is 2.35. The highest BCUT2D eigenvalue weighted by atomic mass is 79.9. The molecule has 0 saturated carbocycles. The second-order valence-electron chi connectivity index (χ2n) is 3.88. The van der Waals surface area contributed by atoms with Crippen LogP contribution in [0, 0.1) is 5.82 Å². The number of aromatic hydroxyl groups is 1. The molecule has 0 amide bonds. The van der Waals surface area contributed by atoms with E-state index in [0.29, 0.717) is 9.34 Å². The van der Waals surface area contributed by atoms with Crippen molar-refractivity contribution in [2.24, 2.45) is 0 Å². The highest BCUT2D eigenvalue weighted by Crippen LogP contribution is 2.43. The SMILES string of the molecule is Oc1c(NCc2cnc(Cl)s2)cc(Br)c(F)c1OC(F)(F)F. The van der Waals surface area contributed by atoms with Gasteiger partial charge in [0.05, 0.1) is 16.7 Å². The normalized spacial score (nSPS) is 11.5. The van der Waals surface area contributed by atoms with Crippen LogP contribution >= 0.6 is 38.9 Å². The fourth-order valence-corrected chi connectivity index (χ4v) is 2.81. The predicted molar refractivity (Wildman–Crippen MR) is 76.9 cm³/mol. The third kappa shape index (κ3) is 4.14. The van der Waals surface area contributed by atoms with Crippen molar-refractivity contribution in [1.29, 1.82) is 0 Å². The van der Waals surface area contributed by atoms with Crippen LogP contribution < -0.4 is 10.1 Å². The molecule has 0 aliphatic heterocycles. The number of phenols is 1. The molecule has 4 nitrogen and oxygen atoms in total. The molecule has 0 atom stereocenters. The number of halogens is 6. The molecule has 11 heteroatoms. The third-order valence-corrected chi connectivity index (χ3v) is 4.04. The van der Waals surface area contributed by atoms with E-state index >= 15 is 0 Å². The van der Waals surface area contributed by atoms with Gasteiger partial charge < -0.3 is 15.2 Å². The summed E-state index contributed by atoms with van der Waals surface area (Å²) in [5.74, 6) is -3.67. The molecule has 22 heavy (non-hydrogen) atoms. The van der Waals surface area contributed by atoms with E-state index in [1.807, 2.05) is 0 Å². The average molecular weight is 422 g/mol. The Morgan fingerprint density at radius 2 is 2.14 bits per heavy atom. The van der Waals surface area contributed by atoms with E-state index < -0.39 is 23.7 Å². The first-order valence-electron chi connectivity index (χ1n) is 5.48. The number of nitrogens with zero attached hydrogens (tertiary/aromatic N) is 1. The molecule has 2 N–H and O–H groups in total. The maximum atomic E-state index is 13.7. The molecule has 0 fully saturated rings. The standard InChI is InChI=1S/C11H6BrClF4N2O2S/c12-5-1-6(18-2-4-3-19-10(13)22-4)8(20)9(7(5)14)21-11(15,16)17/h1,3,18,20H,2H2. The molecule has 0 bridgehead atoms. The molecule has 0 aliphatic rings. The van der Waals surface area contributed by atoms with E-state index in [1.165, 1.54) is 6.20 Å². The van der Waals surface area contributed by atoms with Gasteiger partial charge in [0.15, 0.2) is 16.0 Å². The summed E-state index contributed by atoms with van der Waals surface area (Å²) < 4.78 is 54.0. The predicted octanol–water partition coefficient (Wildman–Crippen LogP) is 4.91. The maximum absolute atomic E-state index is 13.7. The van der Waals surface area contributed by atoms with Gasteiger partial charge in [-0.3, -0.25) is 0 Å². The van der Waals surface area contributed by atoms with Crippen LogP contribution in [0.4, 0.5) is 23.2 Å². The Morgan fingerprint density at radius 3 is 2.68 bits per heavy atom. The Morgan fingerprint density at radius 1 is 1.45 bits per heavy atom. The zero-order chi connectivity index (χ0) is 16.5. The lowest BCUT2D eigenvalue weighted by Gasteiger charge is -2.15. The van der Waals surface area contributed by atoms with Crippen LogP contribution in [0.3, 0.4) is 0 Å². The lowest BCUT2D eigenvalue weighted by Crippen LogP contribution is -2.18. The number of nitrogens with one attached hydrogen (secondary N) is 1. The zero-order valence-electron chi connectivity index (χ0n) is 10.3. The summed E-state index contributed by atoms with van der Waals surface area (Å²) >= 11 is 9.56. The minimum absolute atomic E-state index is 0.126. The number of benzene rings is 1. The largest absolute Gasteiger partial charge is 0.573 e. The van der Waals surface area contributed by atoms with Crippen molar-refractivity contribution in [2.45, 2.75) is 12.9 Å². The van der Waals surface area contributed by atoms with Crippen molar-refractivity contribution >= 4 is 44.6 Å². The molecule has 0 spiro atoms. The number of alkyl halides is 3. The lowest BCUT2D eigenvalue weighted by atomic mass is 10.2. The highest BCUT2D eigenvalue weighted by molar-refractivity contribution is 9.10.